The van der Waals surface area contributed by atoms with Crippen LogP contribution in [-0.2, 0) is 10.9 Å². The van der Waals surface area contributed by atoms with Crippen molar-refractivity contribution in [2.24, 2.45) is 0 Å². The Morgan fingerprint density at radius 1 is 0.969 bits per heavy atom. The number of fused-ring (bicyclic) bond motifs is 3. The Kier molecular flexibility index (Phi) is 6.19. The lowest BCUT2D eigenvalue weighted by Gasteiger charge is -2.20. The number of rotatable bonds is 6. The lowest BCUT2D eigenvalue weighted by Crippen LogP contribution is -2.31. The molecule has 0 spiro atoms. The monoisotopic (exact) mass is 441 g/mol. The van der Waals surface area contributed by atoms with E-state index < -0.39 is 23.9 Å². The van der Waals surface area contributed by atoms with Crippen molar-refractivity contribution in [3.63, 3.8) is 0 Å². The van der Waals surface area contributed by atoms with E-state index in [2.05, 4.69) is 5.32 Å². The molecule has 1 aliphatic rings. The second-order valence-electron chi connectivity index (χ2n) is 7.66. The molecular weight excluding hydrogens is 419 g/mol. The number of hydrogen-bond acceptors (Lipinski definition) is 3. The van der Waals surface area contributed by atoms with E-state index in [-0.39, 0.29) is 31.1 Å². The highest BCUT2D eigenvalue weighted by atomic mass is 19.4. The molecule has 2 N–H and O–H groups in total. The standard InChI is InChI=1S/C25H22F3NO3/c26-25(27,28)17-7-5-6-16(14-17)23(12-13-30)29-24(31)32-15-22-20-10-3-1-8-18(20)19-9-2-4-11-21(19)22/h1-11,14,22-23,30H,12-13,15H2,(H,29,31)/t23-/m1/s1. The maximum atomic E-state index is 13.1. The van der Waals surface area contributed by atoms with Gasteiger partial charge in [-0.05, 0) is 46.4 Å². The zero-order valence-corrected chi connectivity index (χ0v) is 17.1. The second kappa shape index (κ2) is 9.04. The van der Waals surface area contributed by atoms with Crippen molar-refractivity contribution in [2.75, 3.05) is 13.2 Å². The fourth-order valence-electron chi connectivity index (χ4n) is 4.17. The van der Waals surface area contributed by atoms with Crippen LogP contribution in [0.3, 0.4) is 0 Å². The largest absolute Gasteiger partial charge is 0.449 e. The van der Waals surface area contributed by atoms with Crippen LogP contribution in [0.1, 0.15) is 40.6 Å². The molecule has 1 amide bonds. The molecule has 0 saturated heterocycles. The van der Waals surface area contributed by atoms with Gasteiger partial charge in [-0.25, -0.2) is 4.79 Å². The maximum absolute atomic E-state index is 13.1. The summed E-state index contributed by atoms with van der Waals surface area (Å²) in [5.74, 6) is -0.127. The number of carbonyl (C=O) groups excluding carboxylic acids is 1. The molecule has 4 nitrogen and oxygen atoms in total. The van der Waals surface area contributed by atoms with Crippen molar-refractivity contribution < 1.29 is 27.8 Å². The van der Waals surface area contributed by atoms with Gasteiger partial charge in [0.1, 0.15) is 6.61 Å². The lowest BCUT2D eigenvalue weighted by atomic mass is 9.98. The van der Waals surface area contributed by atoms with Gasteiger partial charge < -0.3 is 15.2 Å². The third kappa shape index (κ3) is 4.48. The number of alkyl carbamates (subject to hydrolysis) is 1. The normalized spacial score (nSPS) is 13.9. The van der Waals surface area contributed by atoms with Gasteiger partial charge in [-0.2, -0.15) is 13.2 Å². The highest BCUT2D eigenvalue weighted by Gasteiger charge is 2.32. The molecule has 0 fully saturated rings. The fourth-order valence-corrected chi connectivity index (χ4v) is 4.17. The summed E-state index contributed by atoms with van der Waals surface area (Å²) in [6.07, 6.45) is -5.18. The molecule has 3 aromatic carbocycles. The van der Waals surface area contributed by atoms with E-state index in [0.717, 1.165) is 34.4 Å². The molecule has 166 valence electrons. The van der Waals surface area contributed by atoms with Crippen molar-refractivity contribution in [3.8, 4) is 11.1 Å². The van der Waals surface area contributed by atoms with Crippen LogP contribution < -0.4 is 5.32 Å². The first-order chi connectivity index (χ1) is 15.4. The Bertz CT molecular complexity index is 1070. The van der Waals surface area contributed by atoms with Crippen LogP contribution in [0.4, 0.5) is 18.0 Å². The summed E-state index contributed by atoms with van der Waals surface area (Å²) in [7, 11) is 0. The number of hydrogen-bond donors (Lipinski definition) is 2. The van der Waals surface area contributed by atoms with Crippen molar-refractivity contribution in [2.45, 2.75) is 24.6 Å². The summed E-state index contributed by atoms with van der Waals surface area (Å²) in [5.41, 5.74) is 3.76. The molecule has 7 heteroatoms. The summed E-state index contributed by atoms with van der Waals surface area (Å²) < 4.78 is 44.6. The molecule has 0 bridgehead atoms. The van der Waals surface area contributed by atoms with Crippen molar-refractivity contribution in [1.82, 2.24) is 5.32 Å². The van der Waals surface area contributed by atoms with Crippen LogP contribution in [0.5, 0.6) is 0 Å². The van der Waals surface area contributed by atoms with E-state index in [0.29, 0.717) is 0 Å². The van der Waals surface area contributed by atoms with E-state index in [1.54, 1.807) is 0 Å². The summed E-state index contributed by atoms with van der Waals surface area (Å²) in [4.78, 5) is 12.5. The van der Waals surface area contributed by atoms with Gasteiger partial charge in [-0.3, -0.25) is 0 Å². The van der Waals surface area contributed by atoms with Crippen LogP contribution in [-0.4, -0.2) is 24.4 Å². The number of nitrogens with one attached hydrogen (secondary N) is 1. The van der Waals surface area contributed by atoms with E-state index in [1.807, 2.05) is 48.5 Å². The van der Waals surface area contributed by atoms with Gasteiger partial charge in [0.2, 0.25) is 0 Å². The van der Waals surface area contributed by atoms with Crippen molar-refractivity contribution in [3.05, 3.63) is 95.1 Å². The van der Waals surface area contributed by atoms with E-state index in [4.69, 9.17) is 4.74 Å². The molecule has 4 rings (SSSR count). The van der Waals surface area contributed by atoms with Gasteiger partial charge in [0.25, 0.3) is 0 Å². The molecule has 0 heterocycles. The van der Waals surface area contributed by atoms with Gasteiger partial charge in [0.05, 0.1) is 11.6 Å². The summed E-state index contributed by atoms with van der Waals surface area (Å²) in [6.45, 7) is -0.209. The summed E-state index contributed by atoms with van der Waals surface area (Å²) >= 11 is 0. The number of aliphatic hydroxyl groups is 1. The van der Waals surface area contributed by atoms with Gasteiger partial charge >= 0.3 is 12.3 Å². The highest BCUT2D eigenvalue weighted by Crippen LogP contribution is 2.44. The molecule has 3 aromatic rings. The number of amides is 1. The maximum Gasteiger partial charge on any atom is 0.416 e. The van der Waals surface area contributed by atoms with Gasteiger partial charge in [0.15, 0.2) is 0 Å². The average Bonchev–Trinajstić information content (AvgIpc) is 3.11. The minimum Gasteiger partial charge on any atom is -0.449 e. The first-order valence-corrected chi connectivity index (χ1v) is 10.3. The van der Waals surface area contributed by atoms with Crippen LogP contribution in [0.2, 0.25) is 0 Å². The Hall–Kier alpha value is -3.32. The molecule has 32 heavy (non-hydrogen) atoms. The van der Waals surface area contributed by atoms with Crippen LogP contribution >= 0.6 is 0 Å². The Morgan fingerprint density at radius 2 is 1.59 bits per heavy atom. The third-order valence-corrected chi connectivity index (χ3v) is 5.67. The number of halogens is 3. The molecule has 0 unspecified atom stereocenters. The quantitative estimate of drug-likeness (QED) is 0.518. The molecule has 1 atom stereocenters. The SMILES string of the molecule is O=C(N[C@H](CCO)c1cccc(C(F)(F)F)c1)OCC1c2ccccc2-c2ccccc21. The van der Waals surface area contributed by atoms with E-state index in [9.17, 15) is 23.1 Å². The predicted molar refractivity (Wildman–Crippen MR) is 114 cm³/mol. The molecule has 0 radical (unpaired) electrons. The molecule has 0 aromatic heterocycles. The number of carbonyl (C=O) groups is 1. The smallest absolute Gasteiger partial charge is 0.416 e. The van der Waals surface area contributed by atoms with Crippen LogP contribution in [0.15, 0.2) is 72.8 Å². The van der Waals surface area contributed by atoms with Crippen LogP contribution in [0.25, 0.3) is 11.1 Å². The Morgan fingerprint density at radius 3 is 2.19 bits per heavy atom. The fraction of sp³-hybridized carbons (Fsp3) is 0.240. The van der Waals surface area contributed by atoms with Crippen molar-refractivity contribution in [1.29, 1.82) is 0 Å². The third-order valence-electron chi connectivity index (χ3n) is 5.67. The molecular formula is C25H22F3NO3. The minimum absolute atomic E-state index is 0.0610. The molecule has 0 aliphatic heterocycles. The van der Waals surface area contributed by atoms with Gasteiger partial charge in [0, 0.05) is 12.5 Å². The second-order valence-corrected chi connectivity index (χ2v) is 7.66. The van der Waals surface area contributed by atoms with Gasteiger partial charge in [-0.1, -0.05) is 60.7 Å². The van der Waals surface area contributed by atoms with E-state index >= 15 is 0 Å². The first-order valence-electron chi connectivity index (χ1n) is 10.3. The summed E-state index contributed by atoms with van der Waals surface area (Å²) in [5, 5.41) is 11.9. The number of aliphatic hydroxyl groups excluding tert-OH is 1. The van der Waals surface area contributed by atoms with Gasteiger partial charge in [-0.15, -0.1) is 0 Å². The number of ether oxygens (including phenoxy) is 1. The predicted octanol–water partition coefficient (Wildman–Crippen LogP) is 5.67. The summed E-state index contributed by atoms with van der Waals surface area (Å²) in [6, 6.07) is 19.7. The van der Waals surface area contributed by atoms with E-state index in [1.165, 1.54) is 12.1 Å². The lowest BCUT2D eigenvalue weighted by molar-refractivity contribution is -0.137. The van der Waals surface area contributed by atoms with Crippen molar-refractivity contribution >= 4 is 6.09 Å². The number of benzene rings is 3. The van der Waals surface area contributed by atoms with Crippen LogP contribution in [0, 0.1) is 0 Å². The Balaban J connectivity index is 1.47. The zero-order chi connectivity index (χ0) is 22.7. The first kappa shape index (κ1) is 21.9. The Labute approximate surface area is 183 Å². The molecule has 0 saturated carbocycles. The number of alkyl halides is 3. The topological polar surface area (TPSA) is 58.6 Å². The molecule has 1 aliphatic carbocycles. The highest BCUT2D eigenvalue weighted by molar-refractivity contribution is 5.79. The minimum atomic E-state index is -4.50. The average molecular weight is 441 g/mol. The zero-order valence-electron chi connectivity index (χ0n) is 17.1.